The van der Waals surface area contributed by atoms with Crippen molar-refractivity contribution in [3.8, 4) is 0 Å². The van der Waals surface area contributed by atoms with E-state index >= 15 is 0 Å². The topological polar surface area (TPSA) is 195 Å². The number of hydrogen-bond donors (Lipinski definition) is 6. The van der Waals surface area contributed by atoms with Gasteiger partial charge in [-0.05, 0) is 36.8 Å². The van der Waals surface area contributed by atoms with Gasteiger partial charge in [-0.25, -0.2) is 4.79 Å². The maximum atomic E-state index is 13.4. The Bertz CT molecular complexity index is 1190. The summed E-state index contributed by atoms with van der Waals surface area (Å²) in [5.41, 5.74) is 7.59. The standard InChI is InChI=1S/C26H35N5O7/c1-14(2)10-17(27)25(36)31-9-5-8-21(31)24(35)29-19(23(34)30-20(26(37)38)12-22(32)33)11-15-13-28-18-7-4-3-6-16(15)18/h3-4,6-7,13-14,17,19-21,28H,5,8-12,27H2,1-2H3,(H,29,35)(H,30,34)(H,32,33)(H,37,38). The highest BCUT2D eigenvalue weighted by Gasteiger charge is 2.38. The molecule has 0 spiro atoms. The number of carbonyl (C=O) groups is 5. The van der Waals surface area contributed by atoms with Crippen LogP contribution in [0.2, 0.25) is 0 Å². The molecule has 0 radical (unpaired) electrons. The van der Waals surface area contributed by atoms with Crippen molar-refractivity contribution in [2.24, 2.45) is 11.7 Å². The van der Waals surface area contributed by atoms with E-state index in [9.17, 15) is 29.1 Å². The largest absolute Gasteiger partial charge is 0.481 e. The fourth-order valence-corrected chi connectivity index (χ4v) is 4.77. The van der Waals surface area contributed by atoms with Gasteiger partial charge in [0.2, 0.25) is 17.7 Å². The number of H-pyrrole nitrogens is 1. The average molecular weight is 530 g/mol. The minimum Gasteiger partial charge on any atom is -0.481 e. The Labute approximate surface area is 219 Å². The van der Waals surface area contributed by atoms with Crippen LogP contribution in [0, 0.1) is 5.92 Å². The van der Waals surface area contributed by atoms with E-state index in [0.717, 1.165) is 10.9 Å². The molecule has 3 rings (SSSR count). The van der Waals surface area contributed by atoms with Crippen molar-refractivity contribution in [2.45, 2.75) is 70.1 Å². The number of fused-ring (bicyclic) bond motifs is 1. The van der Waals surface area contributed by atoms with Gasteiger partial charge in [-0.2, -0.15) is 0 Å². The zero-order chi connectivity index (χ0) is 28.0. The van der Waals surface area contributed by atoms with Crippen LogP contribution in [0.4, 0.5) is 0 Å². The van der Waals surface area contributed by atoms with Crippen LogP contribution in [0.5, 0.6) is 0 Å². The molecule has 12 heteroatoms. The van der Waals surface area contributed by atoms with Crippen molar-refractivity contribution < 1.29 is 34.2 Å². The van der Waals surface area contributed by atoms with Gasteiger partial charge >= 0.3 is 11.9 Å². The summed E-state index contributed by atoms with van der Waals surface area (Å²) in [5.74, 6) is -4.44. The Kier molecular flexibility index (Phi) is 9.45. The number of aliphatic carboxylic acids is 2. The van der Waals surface area contributed by atoms with Crippen LogP contribution < -0.4 is 16.4 Å². The number of nitrogens with one attached hydrogen (secondary N) is 3. The third-order valence-electron chi connectivity index (χ3n) is 6.61. The lowest BCUT2D eigenvalue weighted by Crippen LogP contribution is -2.57. The van der Waals surface area contributed by atoms with Crippen LogP contribution in [-0.2, 0) is 30.4 Å². The molecule has 1 aliphatic rings. The predicted molar refractivity (Wildman–Crippen MR) is 138 cm³/mol. The number of aromatic amines is 1. The number of carboxylic acids is 2. The summed E-state index contributed by atoms with van der Waals surface area (Å²) in [7, 11) is 0. The van der Waals surface area contributed by atoms with Gasteiger partial charge in [-0.15, -0.1) is 0 Å². The van der Waals surface area contributed by atoms with Crippen LogP contribution >= 0.6 is 0 Å². The van der Waals surface area contributed by atoms with E-state index in [2.05, 4.69) is 15.6 Å². The molecule has 1 saturated heterocycles. The molecule has 1 aromatic carbocycles. The summed E-state index contributed by atoms with van der Waals surface area (Å²) in [6, 6.07) is 2.88. The molecule has 1 fully saturated rings. The number of rotatable bonds is 12. The normalized spacial score (nSPS) is 17.7. The molecular formula is C26H35N5O7. The van der Waals surface area contributed by atoms with E-state index in [-0.39, 0.29) is 18.2 Å². The number of amides is 3. The molecular weight excluding hydrogens is 494 g/mol. The first-order chi connectivity index (χ1) is 18.0. The summed E-state index contributed by atoms with van der Waals surface area (Å²) in [4.78, 5) is 66.7. The van der Waals surface area contributed by atoms with Gasteiger partial charge in [0.05, 0.1) is 12.5 Å². The predicted octanol–water partition coefficient (Wildman–Crippen LogP) is 0.604. The van der Waals surface area contributed by atoms with Gasteiger partial charge in [0.15, 0.2) is 0 Å². The Morgan fingerprint density at radius 2 is 1.82 bits per heavy atom. The Morgan fingerprint density at radius 3 is 2.47 bits per heavy atom. The summed E-state index contributed by atoms with van der Waals surface area (Å²) in [6.45, 7) is 4.26. The van der Waals surface area contributed by atoms with E-state index in [4.69, 9.17) is 10.8 Å². The molecule has 4 unspecified atom stereocenters. The Morgan fingerprint density at radius 1 is 1.11 bits per heavy atom. The van der Waals surface area contributed by atoms with Gasteiger partial charge in [0, 0.05) is 30.1 Å². The number of carboxylic acid groups (broad SMARTS) is 2. The molecule has 0 aliphatic carbocycles. The lowest BCUT2D eigenvalue weighted by atomic mass is 10.0. The second-order valence-electron chi connectivity index (χ2n) is 10.0. The SMILES string of the molecule is CC(C)CC(N)C(=O)N1CCCC1C(=O)NC(Cc1c[nH]c2ccccc12)C(=O)NC(CC(=O)O)C(=O)O. The zero-order valence-electron chi connectivity index (χ0n) is 21.5. The van der Waals surface area contributed by atoms with Gasteiger partial charge in [0.1, 0.15) is 18.1 Å². The third-order valence-corrected chi connectivity index (χ3v) is 6.61. The first kappa shape index (κ1) is 28.6. The van der Waals surface area contributed by atoms with Gasteiger partial charge < -0.3 is 36.5 Å². The minimum atomic E-state index is -1.68. The fourth-order valence-electron chi connectivity index (χ4n) is 4.77. The number of aromatic nitrogens is 1. The maximum absolute atomic E-state index is 13.4. The maximum Gasteiger partial charge on any atom is 0.326 e. The number of nitrogens with zero attached hydrogens (tertiary/aromatic N) is 1. The highest BCUT2D eigenvalue weighted by atomic mass is 16.4. The van der Waals surface area contributed by atoms with E-state index in [0.29, 0.717) is 31.4 Å². The van der Waals surface area contributed by atoms with Gasteiger partial charge in [0.25, 0.3) is 0 Å². The fraction of sp³-hybridized carbons (Fsp3) is 0.500. The number of nitrogens with two attached hydrogens (primary N) is 1. The van der Waals surface area contributed by atoms with Crippen LogP contribution in [-0.4, -0.2) is 80.5 Å². The second kappa shape index (κ2) is 12.5. The first-order valence-electron chi connectivity index (χ1n) is 12.6. The molecule has 2 heterocycles. The number of likely N-dealkylation sites (tertiary alicyclic amines) is 1. The van der Waals surface area contributed by atoms with Crippen molar-refractivity contribution in [2.75, 3.05) is 6.54 Å². The van der Waals surface area contributed by atoms with Crippen LogP contribution in [0.3, 0.4) is 0 Å². The van der Waals surface area contributed by atoms with Crippen molar-refractivity contribution >= 4 is 40.6 Å². The summed E-state index contributed by atoms with van der Waals surface area (Å²) in [6.07, 6.45) is 2.33. The molecule has 0 saturated carbocycles. The summed E-state index contributed by atoms with van der Waals surface area (Å²) >= 11 is 0. The van der Waals surface area contributed by atoms with Crippen LogP contribution in [0.1, 0.15) is 45.1 Å². The van der Waals surface area contributed by atoms with Crippen molar-refractivity contribution in [1.82, 2.24) is 20.5 Å². The molecule has 0 bridgehead atoms. The third kappa shape index (κ3) is 7.09. The Hall–Kier alpha value is -3.93. The van der Waals surface area contributed by atoms with E-state index in [1.807, 2.05) is 38.1 Å². The molecule has 3 amide bonds. The van der Waals surface area contributed by atoms with E-state index in [1.54, 1.807) is 6.20 Å². The molecule has 2 aromatic rings. The molecule has 1 aromatic heterocycles. The average Bonchev–Trinajstić information content (AvgIpc) is 3.49. The molecule has 206 valence electrons. The second-order valence-corrected chi connectivity index (χ2v) is 10.0. The molecule has 1 aliphatic heterocycles. The highest BCUT2D eigenvalue weighted by molar-refractivity contribution is 5.95. The Balaban J connectivity index is 1.83. The van der Waals surface area contributed by atoms with Crippen molar-refractivity contribution in [3.63, 3.8) is 0 Å². The monoisotopic (exact) mass is 529 g/mol. The van der Waals surface area contributed by atoms with E-state index in [1.165, 1.54) is 4.90 Å². The molecule has 38 heavy (non-hydrogen) atoms. The summed E-state index contributed by atoms with van der Waals surface area (Å²) in [5, 5.41) is 24.2. The number of para-hydroxylation sites is 1. The zero-order valence-corrected chi connectivity index (χ0v) is 21.5. The lowest BCUT2D eigenvalue weighted by Gasteiger charge is -2.29. The van der Waals surface area contributed by atoms with E-state index < -0.39 is 54.3 Å². The van der Waals surface area contributed by atoms with Crippen molar-refractivity contribution in [1.29, 1.82) is 0 Å². The van der Waals surface area contributed by atoms with Gasteiger partial charge in [-0.1, -0.05) is 32.0 Å². The summed E-state index contributed by atoms with van der Waals surface area (Å²) < 4.78 is 0. The lowest BCUT2D eigenvalue weighted by molar-refractivity contribution is -0.147. The molecule has 7 N–H and O–H groups in total. The van der Waals surface area contributed by atoms with Crippen molar-refractivity contribution in [3.05, 3.63) is 36.0 Å². The molecule has 12 nitrogen and oxygen atoms in total. The molecule has 4 atom stereocenters. The minimum absolute atomic E-state index is 0.00846. The quantitative estimate of drug-likeness (QED) is 0.230. The number of carbonyl (C=O) groups excluding carboxylic acids is 3. The van der Waals surface area contributed by atoms with Gasteiger partial charge in [-0.3, -0.25) is 19.2 Å². The number of benzene rings is 1. The smallest absolute Gasteiger partial charge is 0.326 e. The highest BCUT2D eigenvalue weighted by Crippen LogP contribution is 2.22. The first-order valence-corrected chi connectivity index (χ1v) is 12.6. The number of hydrogen-bond acceptors (Lipinski definition) is 6. The van der Waals surface area contributed by atoms with Crippen LogP contribution in [0.15, 0.2) is 30.5 Å². The van der Waals surface area contributed by atoms with Crippen LogP contribution in [0.25, 0.3) is 10.9 Å².